The van der Waals surface area contributed by atoms with E-state index in [0.717, 1.165) is 17.1 Å². The maximum absolute atomic E-state index is 13.0. The zero-order valence-corrected chi connectivity index (χ0v) is 10.0. The second-order valence-electron chi connectivity index (χ2n) is 4.17. The third-order valence-electron chi connectivity index (χ3n) is 2.73. The molecule has 0 aliphatic heterocycles. The predicted molar refractivity (Wildman–Crippen MR) is 65.1 cm³/mol. The van der Waals surface area contributed by atoms with Crippen LogP contribution in [0.15, 0.2) is 40.8 Å². The lowest BCUT2D eigenvalue weighted by Gasteiger charge is -2.13. The number of aryl methyl sites for hydroxylation is 1. The van der Waals surface area contributed by atoms with Gasteiger partial charge in [0.25, 0.3) is 0 Å². The summed E-state index contributed by atoms with van der Waals surface area (Å²) in [7, 11) is 0. The van der Waals surface area contributed by atoms with Gasteiger partial charge in [-0.05, 0) is 43.7 Å². The fourth-order valence-corrected chi connectivity index (χ4v) is 1.73. The van der Waals surface area contributed by atoms with Gasteiger partial charge in [0.2, 0.25) is 0 Å². The molecule has 90 valence electrons. The van der Waals surface area contributed by atoms with Gasteiger partial charge in [-0.25, -0.2) is 4.39 Å². The summed E-state index contributed by atoms with van der Waals surface area (Å²) in [4.78, 5) is 0. The van der Waals surface area contributed by atoms with Crippen LogP contribution in [0.1, 0.15) is 30.0 Å². The second-order valence-corrected chi connectivity index (χ2v) is 4.17. The third-order valence-corrected chi connectivity index (χ3v) is 2.73. The Kier molecular flexibility index (Phi) is 3.59. The highest BCUT2D eigenvalue weighted by Gasteiger charge is 2.06. The van der Waals surface area contributed by atoms with E-state index in [1.807, 2.05) is 32.0 Å². The molecule has 0 saturated heterocycles. The Morgan fingerprint density at radius 1 is 1.29 bits per heavy atom. The van der Waals surface area contributed by atoms with Crippen LogP contribution in [0.2, 0.25) is 0 Å². The van der Waals surface area contributed by atoms with Crippen LogP contribution in [0.3, 0.4) is 0 Å². The van der Waals surface area contributed by atoms with E-state index in [2.05, 4.69) is 5.32 Å². The summed E-state index contributed by atoms with van der Waals surface area (Å²) < 4.78 is 18.5. The summed E-state index contributed by atoms with van der Waals surface area (Å²) in [5.74, 6) is 1.59. The van der Waals surface area contributed by atoms with E-state index in [-0.39, 0.29) is 11.9 Å². The van der Waals surface area contributed by atoms with Gasteiger partial charge in [-0.15, -0.1) is 0 Å². The Balaban J connectivity index is 1.95. The fraction of sp³-hybridized carbons (Fsp3) is 0.286. The quantitative estimate of drug-likeness (QED) is 0.873. The molecule has 2 nitrogen and oxygen atoms in total. The van der Waals surface area contributed by atoms with Crippen LogP contribution in [0.4, 0.5) is 4.39 Å². The molecule has 0 unspecified atom stereocenters. The molecule has 0 bridgehead atoms. The minimum Gasteiger partial charge on any atom is -0.465 e. The Labute approximate surface area is 100 Å². The summed E-state index contributed by atoms with van der Waals surface area (Å²) in [6.45, 7) is 4.57. The van der Waals surface area contributed by atoms with Gasteiger partial charge in [-0.2, -0.15) is 0 Å². The number of hydrogen-bond acceptors (Lipinski definition) is 2. The molecule has 1 heterocycles. The highest BCUT2D eigenvalue weighted by atomic mass is 19.1. The molecule has 1 atom stereocenters. The van der Waals surface area contributed by atoms with E-state index in [1.54, 1.807) is 12.1 Å². The molecule has 0 saturated carbocycles. The van der Waals surface area contributed by atoms with Crippen LogP contribution < -0.4 is 5.32 Å². The number of hydrogen-bond donors (Lipinski definition) is 1. The van der Waals surface area contributed by atoms with Crippen molar-refractivity contribution in [2.24, 2.45) is 0 Å². The van der Waals surface area contributed by atoms with E-state index >= 15 is 0 Å². The third kappa shape index (κ3) is 3.17. The van der Waals surface area contributed by atoms with Gasteiger partial charge in [0.15, 0.2) is 0 Å². The fourth-order valence-electron chi connectivity index (χ4n) is 1.73. The Morgan fingerprint density at radius 3 is 2.76 bits per heavy atom. The van der Waals surface area contributed by atoms with Crippen LogP contribution in [-0.2, 0) is 6.54 Å². The standard InChI is InChI=1S/C14H16FNO/c1-10-6-7-14(17-10)9-16-11(2)12-4-3-5-13(15)8-12/h3-8,11,16H,9H2,1-2H3/t11-/m0/s1. The van der Waals surface area contributed by atoms with Crippen molar-refractivity contribution in [1.82, 2.24) is 5.32 Å². The van der Waals surface area contributed by atoms with Crippen molar-refractivity contribution < 1.29 is 8.81 Å². The smallest absolute Gasteiger partial charge is 0.123 e. The summed E-state index contributed by atoms with van der Waals surface area (Å²) in [5.41, 5.74) is 0.938. The van der Waals surface area contributed by atoms with Crippen molar-refractivity contribution in [3.05, 3.63) is 59.3 Å². The molecular formula is C14H16FNO. The minimum absolute atomic E-state index is 0.0936. The molecule has 2 rings (SSSR count). The number of furan rings is 1. The molecule has 0 radical (unpaired) electrons. The largest absolute Gasteiger partial charge is 0.465 e. The van der Waals surface area contributed by atoms with Gasteiger partial charge < -0.3 is 9.73 Å². The van der Waals surface area contributed by atoms with Crippen LogP contribution in [-0.4, -0.2) is 0 Å². The molecule has 1 aromatic heterocycles. The van der Waals surface area contributed by atoms with Gasteiger partial charge in [0.05, 0.1) is 6.54 Å². The summed E-state index contributed by atoms with van der Waals surface area (Å²) in [5, 5.41) is 3.30. The number of halogens is 1. The first-order chi connectivity index (χ1) is 8.15. The molecule has 17 heavy (non-hydrogen) atoms. The van der Waals surface area contributed by atoms with Crippen LogP contribution in [0.5, 0.6) is 0 Å². The van der Waals surface area contributed by atoms with Gasteiger partial charge in [0.1, 0.15) is 17.3 Å². The van der Waals surface area contributed by atoms with Crippen molar-refractivity contribution in [3.8, 4) is 0 Å². The molecule has 0 aliphatic rings. The Bertz CT molecular complexity index is 492. The van der Waals surface area contributed by atoms with Crippen molar-refractivity contribution in [2.75, 3.05) is 0 Å². The maximum atomic E-state index is 13.0. The lowest BCUT2D eigenvalue weighted by atomic mass is 10.1. The number of benzene rings is 1. The van der Waals surface area contributed by atoms with Gasteiger partial charge in [-0.3, -0.25) is 0 Å². The lowest BCUT2D eigenvalue weighted by molar-refractivity contribution is 0.443. The first-order valence-corrected chi connectivity index (χ1v) is 5.69. The number of nitrogens with one attached hydrogen (secondary N) is 1. The highest BCUT2D eigenvalue weighted by Crippen LogP contribution is 2.14. The molecule has 0 aliphatic carbocycles. The van der Waals surface area contributed by atoms with Crippen molar-refractivity contribution in [1.29, 1.82) is 0 Å². The molecule has 0 spiro atoms. The molecule has 1 N–H and O–H groups in total. The van der Waals surface area contributed by atoms with Crippen molar-refractivity contribution in [3.63, 3.8) is 0 Å². The monoisotopic (exact) mass is 233 g/mol. The summed E-state index contributed by atoms with van der Waals surface area (Å²) in [6, 6.07) is 10.6. The zero-order chi connectivity index (χ0) is 12.3. The molecule has 2 aromatic rings. The maximum Gasteiger partial charge on any atom is 0.123 e. The molecule has 1 aromatic carbocycles. The van der Waals surface area contributed by atoms with Gasteiger partial charge in [-0.1, -0.05) is 12.1 Å². The predicted octanol–water partition coefficient (Wildman–Crippen LogP) is 3.58. The first-order valence-electron chi connectivity index (χ1n) is 5.69. The Hall–Kier alpha value is -1.61. The molecule has 3 heteroatoms. The van der Waals surface area contributed by atoms with E-state index in [1.165, 1.54) is 6.07 Å². The molecule has 0 amide bonds. The Morgan fingerprint density at radius 2 is 2.12 bits per heavy atom. The van der Waals surface area contributed by atoms with E-state index in [4.69, 9.17) is 4.42 Å². The molecule has 0 fully saturated rings. The zero-order valence-electron chi connectivity index (χ0n) is 10.0. The van der Waals surface area contributed by atoms with Gasteiger partial charge in [0, 0.05) is 6.04 Å². The first kappa shape index (κ1) is 11.9. The van der Waals surface area contributed by atoms with Crippen molar-refractivity contribution >= 4 is 0 Å². The minimum atomic E-state index is -0.204. The van der Waals surface area contributed by atoms with Crippen LogP contribution >= 0.6 is 0 Å². The topological polar surface area (TPSA) is 25.2 Å². The van der Waals surface area contributed by atoms with Crippen LogP contribution in [0.25, 0.3) is 0 Å². The van der Waals surface area contributed by atoms with Crippen LogP contribution in [0, 0.1) is 12.7 Å². The van der Waals surface area contributed by atoms with Crippen molar-refractivity contribution in [2.45, 2.75) is 26.4 Å². The SMILES string of the molecule is Cc1ccc(CN[C@@H](C)c2cccc(F)c2)o1. The highest BCUT2D eigenvalue weighted by molar-refractivity contribution is 5.19. The molecular weight excluding hydrogens is 217 g/mol. The van der Waals surface area contributed by atoms with Gasteiger partial charge >= 0.3 is 0 Å². The summed E-state index contributed by atoms with van der Waals surface area (Å²) >= 11 is 0. The number of rotatable bonds is 4. The average Bonchev–Trinajstić information content (AvgIpc) is 2.72. The van der Waals surface area contributed by atoms with E-state index in [0.29, 0.717) is 6.54 Å². The van der Waals surface area contributed by atoms with E-state index < -0.39 is 0 Å². The lowest BCUT2D eigenvalue weighted by Crippen LogP contribution is -2.17. The average molecular weight is 233 g/mol. The normalized spacial score (nSPS) is 12.6. The second kappa shape index (κ2) is 5.15. The van der Waals surface area contributed by atoms with E-state index in [9.17, 15) is 4.39 Å². The summed E-state index contributed by atoms with van der Waals surface area (Å²) in [6.07, 6.45) is 0.